The van der Waals surface area contributed by atoms with Gasteiger partial charge in [0, 0.05) is 12.1 Å². The minimum Gasteiger partial charge on any atom is -0.478 e. The Balaban J connectivity index is 1.83. The Morgan fingerprint density at radius 3 is 2.62 bits per heavy atom. The van der Waals surface area contributed by atoms with Crippen LogP contribution in [0.15, 0.2) is 23.4 Å². The van der Waals surface area contributed by atoms with Gasteiger partial charge < -0.3 is 14.7 Å². The zero-order chi connectivity index (χ0) is 20.8. The molecule has 0 atom stereocenters. The average Bonchev–Trinajstić information content (AvgIpc) is 2.73. The highest BCUT2D eigenvalue weighted by atomic mass is 35.5. The molecule has 2 heterocycles. The molecule has 156 valence electrons. The molecular weight excluding hydrogens is 433 g/mol. The van der Waals surface area contributed by atoms with Crippen molar-refractivity contribution in [1.82, 2.24) is 14.9 Å². The summed E-state index contributed by atoms with van der Waals surface area (Å²) in [5.41, 5.74) is 1.27. The van der Waals surface area contributed by atoms with Gasteiger partial charge in [-0.2, -0.15) is 0 Å². The first kappa shape index (κ1) is 22.3. The maximum absolute atomic E-state index is 12.0. The Morgan fingerprint density at radius 1 is 1.21 bits per heavy atom. The molecule has 1 saturated heterocycles. The van der Waals surface area contributed by atoms with Crippen LogP contribution in [-0.4, -0.2) is 58.4 Å². The van der Waals surface area contributed by atoms with Gasteiger partial charge in [0.2, 0.25) is 0 Å². The summed E-state index contributed by atoms with van der Waals surface area (Å²) in [6.07, 6.45) is 5.57. The predicted octanol–water partition coefficient (Wildman–Crippen LogP) is 4.87. The number of piperidine rings is 1. The summed E-state index contributed by atoms with van der Waals surface area (Å²) in [7, 11) is 0. The molecule has 0 aliphatic carbocycles. The van der Waals surface area contributed by atoms with Gasteiger partial charge in [-0.15, -0.1) is 0 Å². The summed E-state index contributed by atoms with van der Waals surface area (Å²) in [6.45, 7) is 3.66. The van der Waals surface area contributed by atoms with Gasteiger partial charge in [-0.25, -0.2) is 14.8 Å². The van der Waals surface area contributed by atoms with Crippen molar-refractivity contribution in [3.8, 4) is 11.3 Å². The second kappa shape index (κ2) is 10.6. The number of halogens is 2. The predicted molar refractivity (Wildman–Crippen MR) is 116 cm³/mol. The van der Waals surface area contributed by atoms with Crippen LogP contribution in [0.25, 0.3) is 11.3 Å². The molecule has 1 aromatic heterocycles. The zero-order valence-electron chi connectivity index (χ0n) is 16.2. The molecule has 0 saturated carbocycles. The highest BCUT2D eigenvalue weighted by molar-refractivity contribution is 7.98. The number of hydrogen-bond acceptors (Lipinski definition) is 6. The van der Waals surface area contributed by atoms with Crippen LogP contribution >= 0.6 is 35.0 Å². The first-order valence-electron chi connectivity index (χ1n) is 9.43. The lowest BCUT2D eigenvalue weighted by atomic mass is 10.0. The summed E-state index contributed by atoms with van der Waals surface area (Å²) < 4.78 is 5.79. The molecule has 29 heavy (non-hydrogen) atoms. The Morgan fingerprint density at radius 2 is 1.97 bits per heavy atom. The summed E-state index contributed by atoms with van der Waals surface area (Å²) in [5.74, 6) is -1.10. The number of aromatic nitrogens is 2. The monoisotopic (exact) mass is 455 g/mol. The van der Waals surface area contributed by atoms with Crippen LogP contribution in [0.2, 0.25) is 10.0 Å². The summed E-state index contributed by atoms with van der Waals surface area (Å²) in [6, 6.07) is 4.94. The smallest absolute Gasteiger partial charge is 0.339 e. The van der Waals surface area contributed by atoms with E-state index in [-0.39, 0.29) is 12.2 Å². The van der Waals surface area contributed by atoms with E-state index in [4.69, 9.17) is 27.9 Å². The van der Waals surface area contributed by atoms with Crippen LogP contribution in [-0.2, 0) is 11.3 Å². The van der Waals surface area contributed by atoms with Gasteiger partial charge in [0.1, 0.15) is 5.56 Å². The van der Waals surface area contributed by atoms with Crippen LogP contribution in [0.1, 0.15) is 35.3 Å². The lowest BCUT2D eigenvalue weighted by molar-refractivity contribution is 0.0672. The van der Waals surface area contributed by atoms with E-state index in [1.165, 1.54) is 31.0 Å². The number of likely N-dealkylation sites (tertiary alicyclic amines) is 1. The van der Waals surface area contributed by atoms with Gasteiger partial charge in [0.25, 0.3) is 0 Å². The van der Waals surface area contributed by atoms with Crippen molar-refractivity contribution in [3.63, 3.8) is 0 Å². The lowest BCUT2D eigenvalue weighted by Crippen LogP contribution is -2.32. The highest BCUT2D eigenvalue weighted by Crippen LogP contribution is 2.31. The maximum Gasteiger partial charge on any atom is 0.339 e. The quantitative estimate of drug-likeness (QED) is 0.345. The minimum absolute atomic E-state index is 0.0270. The van der Waals surface area contributed by atoms with Gasteiger partial charge in [0.15, 0.2) is 5.16 Å². The molecule has 0 radical (unpaired) electrons. The number of ether oxygens (including phenoxy) is 1. The summed E-state index contributed by atoms with van der Waals surface area (Å²) >= 11 is 13.5. The molecule has 2 aromatic rings. The van der Waals surface area contributed by atoms with E-state index in [1.54, 1.807) is 18.2 Å². The van der Waals surface area contributed by atoms with Crippen LogP contribution in [0, 0.1) is 0 Å². The zero-order valence-corrected chi connectivity index (χ0v) is 18.5. The van der Waals surface area contributed by atoms with Crippen molar-refractivity contribution in [2.45, 2.75) is 31.0 Å². The third kappa shape index (κ3) is 5.83. The SMILES string of the molecule is CSc1nc(COCCN2CCCCC2)c(C(=O)O)c(-c2ccc(Cl)c(Cl)c2)n1. The number of thioether (sulfide) groups is 1. The third-order valence-electron chi connectivity index (χ3n) is 4.79. The first-order chi connectivity index (χ1) is 14.0. The van der Waals surface area contributed by atoms with E-state index in [1.807, 2.05) is 6.26 Å². The number of hydrogen-bond donors (Lipinski definition) is 1. The van der Waals surface area contributed by atoms with Crippen molar-refractivity contribution in [1.29, 1.82) is 0 Å². The Labute approximate surface area is 184 Å². The van der Waals surface area contributed by atoms with E-state index in [0.717, 1.165) is 19.6 Å². The topological polar surface area (TPSA) is 75.5 Å². The average molecular weight is 456 g/mol. The van der Waals surface area contributed by atoms with Crippen molar-refractivity contribution >= 4 is 40.9 Å². The molecule has 1 fully saturated rings. The van der Waals surface area contributed by atoms with E-state index in [9.17, 15) is 9.90 Å². The molecule has 9 heteroatoms. The molecule has 1 aliphatic rings. The molecule has 1 aromatic carbocycles. The Bertz CT molecular complexity index is 876. The van der Waals surface area contributed by atoms with E-state index in [0.29, 0.717) is 38.8 Å². The molecule has 0 amide bonds. The van der Waals surface area contributed by atoms with E-state index < -0.39 is 5.97 Å². The molecule has 0 bridgehead atoms. The maximum atomic E-state index is 12.0. The summed E-state index contributed by atoms with van der Waals surface area (Å²) in [4.78, 5) is 23.2. The number of carboxylic acid groups (broad SMARTS) is 1. The summed E-state index contributed by atoms with van der Waals surface area (Å²) in [5, 5.41) is 11.1. The second-order valence-corrected chi connectivity index (χ2v) is 8.36. The third-order valence-corrected chi connectivity index (χ3v) is 6.08. The minimum atomic E-state index is -1.10. The number of aromatic carboxylic acids is 1. The largest absolute Gasteiger partial charge is 0.478 e. The molecule has 0 spiro atoms. The molecule has 1 N–H and O–H groups in total. The van der Waals surface area contributed by atoms with Gasteiger partial charge in [-0.05, 0) is 44.3 Å². The van der Waals surface area contributed by atoms with Crippen molar-refractivity contribution in [2.24, 2.45) is 0 Å². The molecule has 6 nitrogen and oxygen atoms in total. The van der Waals surface area contributed by atoms with Crippen LogP contribution in [0.4, 0.5) is 0 Å². The van der Waals surface area contributed by atoms with Crippen LogP contribution in [0.3, 0.4) is 0 Å². The number of carboxylic acids is 1. The van der Waals surface area contributed by atoms with Crippen molar-refractivity contribution in [3.05, 3.63) is 39.5 Å². The first-order valence-corrected chi connectivity index (χ1v) is 11.4. The fourth-order valence-electron chi connectivity index (χ4n) is 3.30. The fraction of sp³-hybridized carbons (Fsp3) is 0.450. The van der Waals surface area contributed by atoms with E-state index in [2.05, 4.69) is 14.9 Å². The van der Waals surface area contributed by atoms with Crippen LogP contribution < -0.4 is 0 Å². The molecule has 3 rings (SSSR count). The number of rotatable bonds is 8. The normalized spacial score (nSPS) is 14.9. The fourth-order valence-corrected chi connectivity index (χ4v) is 3.98. The lowest BCUT2D eigenvalue weighted by Gasteiger charge is -2.26. The van der Waals surface area contributed by atoms with E-state index >= 15 is 0 Å². The second-order valence-electron chi connectivity index (χ2n) is 6.77. The molecule has 1 aliphatic heterocycles. The molecule has 0 unspecified atom stereocenters. The highest BCUT2D eigenvalue weighted by Gasteiger charge is 2.22. The Kier molecular flexibility index (Phi) is 8.15. The number of benzene rings is 1. The van der Waals surface area contributed by atoms with Crippen LogP contribution in [0.5, 0.6) is 0 Å². The van der Waals surface area contributed by atoms with Gasteiger partial charge in [-0.1, -0.05) is 47.5 Å². The number of nitrogens with zero attached hydrogens (tertiary/aromatic N) is 3. The Hall–Kier alpha value is -1.38. The van der Waals surface area contributed by atoms with Gasteiger partial charge in [0.05, 0.1) is 34.6 Å². The van der Waals surface area contributed by atoms with Crippen molar-refractivity contribution in [2.75, 3.05) is 32.5 Å². The van der Waals surface area contributed by atoms with Gasteiger partial charge >= 0.3 is 5.97 Å². The number of carbonyl (C=O) groups is 1. The molecular formula is C20H23Cl2N3O3S. The van der Waals surface area contributed by atoms with Gasteiger partial charge in [-0.3, -0.25) is 0 Å². The van der Waals surface area contributed by atoms with Crippen molar-refractivity contribution < 1.29 is 14.6 Å². The standard InChI is InChI=1S/C20H23Cl2N3O3S/c1-29-20-23-16(12-28-10-9-25-7-3-2-4-8-25)17(19(26)27)18(24-20)13-5-6-14(21)15(22)11-13/h5-6,11H,2-4,7-10,12H2,1H3,(H,26,27).